The van der Waals surface area contributed by atoms with Gasteiger partial charge in [-0.1, -0.05) is 6.07 Å². The molecule has 2 aliphatic rings. The van der Waals surface area contributed by atoms with E-state index in [1.54, 1.807) is 6.92 Å². The number of ether oxygens (including phenoxy) is 1. The van der Waals surface area contributed by atoms with Crippen LogP contribution in [0.5, 0.6) is 0 Å². The first-order valence-corrected chi connectivity index (χ1v) is 9.20. The molecule has 3 heterocycles. The second-order valence-electron chi connectivity index (χ2n) is 8.02. The minimum atomic E-state index is -1.04. The maximum absolute atomic E-state index is 10.6. The molecule has 2 saturated heterocycles. The van der Waals surface area contributed by atoms with Crippen molar-refractivity contribution >= 4 is 10.9 Å². The Morgan fingerprint density at radius 3 is 2.72 bits per heavy atom. The summed E-state index contributed by atoms with van der Waals surface area (Å²) >= 11 is 0. The van der Waals surface area contributed by atoms with Crippen LogP contribution in [0.25, 0.3) is 10.9 Å². The first-order chi connectivity index (χ1) is 11.9. The van der Waals surface area contributed by atoms with Crippen molar-refractivity contribution in [1.82, 2.24) is 9.47 Å². The summed E-state index contributed by atoms with van der Waals surface area (Å²) in [6.07, 6.45) is 3.30. The highest BCUT2D eigenvalue weighted by Gasteiger charge is 2.52. The highest BCUT2D eigenvalue weighted by atomic mass is 16.5. The zero-order valence-electron chi connectivity index (χ0n) is 15.1. The first kappa shape index (κ1) is 17.0. The third-order valence-electron chi connectivity index (χ3n) is 6.14. The van der Waals surface area contributed by atoms with Gasteiger partial charge < -0.3 is 19.5 Å². The molecule has 5 heteroatoms. The normalized spacial score (nSPS) is 30.2. The van der Waals surface area contributed by atoms with Crippen molar-refractivity contribution in [2.45, 2.75) is 50.0 Å². The molecule has 0 amide bonds. The number of hydrogen-bond donors (Lipinski definition) is 2. The fourth-order valence-electron chi connectivity index (χ4n) is 4.44. The Bertz CT molecular complexity index is 759. The summed E-state index contributed by atoms with van der Waals surface area (Å²) in [7, 11) is 2.07. The number of rotatable bonds is 2. The minimum absolute atomic E-state index is 0.497. The van der Waals surface area contributed by atoms with E-state index in [-0.39, 0.29) is 0 Å². The van der Waals surface area contributed by atoms with Crippen molar-refractivity contribution in [1.29, 1.82) is 0 Å². The molecule has 0 bridgehead atoms. The molecule has 2 fully saturated rings. The van der Waals surface area contributed by atoms with Crippen molar-refractivity contribution in [3.05, 3.63) is 36.0 Å². The van der Waals surface area contributed by atoms with Gasteiger partial charge in [0.25, 0.3) is 0 Å². The number of aliphatic hydroxyl groups excluding tert-OH is 1. The van der Waals surface area contributed by atoms with Crippen molar-refractivity contribution in [2.75, 3.05) is 19.7 Å². The van der Waals surface area contributed by atoms with Gasteiger partial charge in [0.05, 0.1) is 17.8 Å². The van der Waals surface area contributed by atoms with Crippen molar-refractivity contribution in [2.24, 2.45) is 7.05 Å². The Morgan fingerprint density at radius 2 is 1.96 bits per heavy atom. The fraction of sp³-hybridized carbons (Fsp3) is 0.600. The van der Waals surface area contributed by atoms with E-state index in [1.807, 2.05) is 0 Å². The molecule has 0 aliphatic carbocycles. The number of aromatic nitrogens is 1. The van der Waals surface area contributed by atoms with E-state index in [1.165, 1.54) is 16.5 Å². The van der Waals surface area contributed by atoms with Crippen LogP contribution in [-0.2, 0) is 18.3 Å². The fourth-order valence-corrected chi connectivity index (χ4v) is 4.44. The van der Waals surface area contributed by atoms with Gasteiger partial charge in [-0.25, -0.2) is 0 Å². The lowest BCUT2D eigenvalue weighted by Gasteiger charge is -2.51. The monoisotopic (exact) mass is 344 g/mol. The molecule has 2 aromatic rings. The summed E-state index contributed by atoms with van der Waals surface area (Å²) in [5, 5.41) is 22.3. The Labute approximate surface area is 148 Å². The molecular weight excluding hydrogens is 316 g/mol. The number of aryl methyl sites for hydroxylation is 1. The summed E-state index contributed by atoms with van der Waals surface area (Å²) in [5.41, 5.74) is 0.939. The molecule has 5 nitrogen and oxygen atoms in total. The third-order valence-corrected chi connectivity index (χ3v) is 6.14. The molecular formula is C20H28N2O3. The van der Waals surface area contributed by atoms with Gasteiger partial charge in [0.1, 0.15) is 6.10 Å². The van der Waals surface area contributed by atoms with Crippen molar-refractivity contribution < 1.29 is 14.9 Å². The number of piperidine rings is 1. The Kier molecular flexibility index (Phi) is 4.15. The second-order valence-corrected chi connectivity index (χ2v) is 8.02. The van der Waals surface area contributed by atoms with Gasteiger partial charge in [0.15, 0.2) is 0 Å². The largest absolute Gasteiger partial charge is 0.387 e. The van der Waals surface area contributed by atoms with E-state index in [0.29, 0.717) is 13.0 Å². The lowest BCUT2D eigenvalue weighted by atomic mass is 9.75. The Balaban J connectivity index is 1.43. The van der Waals surface area contributed by atoms with Crippen LogP contribution < -0.4 is 0 Å². The average Bonchev–Trinajstić information content (AvgIpc) is 2.95. The topological polar surface area (TPSA) is 57.9 Å². The summed E-state index contributed by atoms with van der Waals surface area (Å²) < 4.78 is 8.11. The zero-order valence-corrected chi connectivity index (χ0v) is 15.1. The predicted octanol–water partition coefficient (Wildman–Crippen LogP) is 2.05. The highest BCUT2D eigenvalue weighted by Crippen LogP contribution is 2.40. The van der Waals surface area contributed by atoms with Gasteiger partial charge in [0, 0.05) is 44.8 Å². The van der Waals surface area contributed by atoms with E-state index < -0.39 is 17.3 Å². The maximum Gasteiger partial charge on any atom is 0.111 e. The van der Waals surface area contributed by atoms with E-state index >= 15 is 0 Å². The molecule has 2 atom stereocenters. The Hall–Kier alpha value is -1.40. The molecule has 0 radical (unpaired) electrons. The van der Waals surface area contributed by atoms with E-state index in [0.717, 1.165) is 32.5 Å². The van der Waals surface area contributed by atoms with Crippen LogP contribution in [0, 0.1) is 0 Å². The van der Waals surface area contributed by atoms with Gasteiger partial charge in [-0.05, 0) is 48.9 Å². The Morgan fingerprint density at radius 1 is 1.20 bits per heavy atom. The standard InChI is InChI=1S/C20H28N2O3/c1-19(24)8-12-25-20(18(19)23)6-10-22(11-7-20)14-15-3-4-17-16(13-15)5-9-21(17)2/h3-5,9,13,18,23-24H,6-8,10-12,14H2,1-2H3/t18-,19+/m0/s1. The van der Waals surface area contributed by atoms with Crippen LogP contribution >= 0.6 is 0 Å². The number of fused-ring (bicyclic) bond motifs is 1. The van der Waals surface area contributed by atoms with Crippen molar-refractivity contribution in [3.63, 3.8) is 0 Å². The molecule has 1 aromatic heterocycles. The molecule has 2 aliphatic heterocycles. The van der Waals surface area contributed by atoms with Crippen LogP contribution in [0.4, 0.5) is 0 Å². The van der Waals surface area contributed by atoms with Gasteiger partial charge in [-0.3, -0.25) is 4.90 Å². The summed E-state index contributed by atoms with van der Waals surface area (Å²) in [5.74, 6) is 0. The molecule has 1 spiro atoms. The molecule has 2 N–H and O–H groups in total. The third kappa shape index (κ3) is 2.99. The SMILES string of the molecule is Cn1ccc2cc(CN3CCC4(CC3)OCC[C@@](C)(O)[C@@H]4O)ccc21. The summed E-state index contributed by atoms with van der Waals surface area (Å²) in [6.45, 7) is 4.91. The lowest BCUT2D eigenvalue weighted by Crippen LogP contribution is -2.64. The van der Waals surface area contributed by atoms with Crippen LogP contribution in [0.3, 0.4) is 0 Å². The van der Waals surface area contributed by atoms with Gasteiger partial charge >= 0.3 is 0 Å². The molecule has 4 rings (SSSR count). The molecule has 0 saturated carbocycles. The maximum atomic E-state index is 10.6. The van der Waals surface area contributed by atoms with Gasteiger partial charge in [0.2, 0.25) is 0 Å². The summed E-state index contributed by atoms with van der Waals surface area (Å²) in [4.78, 5) is 2.41. The number of aliphatic hydroxyl groups is 2. The van der Waals surface area contributed by atoms with Crippen LogP contribution in [-0.4, -0.2) is 56.7 Å². The quantitative estimate of drug-likeness (QED) is 0.875. The molecule has 1 aromatic carbocycles. The van der Waals surface area contributed by atoms with Crippen LogP contribution in [0.2, 0.25) is 0 Å². The molecule has 0 unspecified atom stereocenters. The van der Waals surface area contributed by atoms with Crippen LogP contribution in [0.15, 0.2) is 30.5 Å². The van der Waals surface area contributed by atoms with Crippen LogP contribution in [0.1, 0.15) is 31.7 Å². The van der Waals surface area contributed by atoms with Gasteiger partial charge in [-0.2, -0.15) is 0 Å². The van der Waals surface area contributed by atoms with E-state index in [9.17, 15) is 10.2 Å². The number of benzene rings is 1. The van der Waals surface area contributed by atoms with Crippen molar-refractivity contribution in [3.8, 4) is 0 Å². The number of nitrogens with zero attached hydrogens (tertiary/aromatic N) is 2. The smallest absolute Gasteiger partial charge is 0.111 e. The van der Waals surface area contributed by atoms with E-state index in [2.05, 4.69) is 47.0 Å². The second kappa shape index (κ2) is 6.09. The molecule has 25 heavy (non-hydrogen) atoms. The highest BCUT2D eigenvalue weighted by molar-refractivity contribution is 5.80. The minimum Gasteiger partial charge on any atom is -0.387 e. The summed E-state index contributed by atoms with van der Waals surface area (Å²) in [6, 6.07) is 8.79. The average molecular weight is 344 g/mol. The predicted molar refractivity (Wildman–Crippen MR) is 97.4 cm³/mol. The van der Waals surface area contributed by atoms with E-state index in [4.69, 9.17) is 4.74 Å². The lowest BCUT2D eigenvalue weighted by molar-refractivity contribution is -0.246. The molecule has 136 valence electrons. The first-order valence-electron chi connectivity index (χ1n) is 9.20. The zero-order chi connectivity index (χ0) is 17.7. The van der Waals surface area contributed by atoms with Gasteiger partial charge in [-0.15, -0.1) is 0 Å². The number of likely N-dealkylation sites (tertiary alicyclic amines) is 1. The number of hydrogen-bond acceptors (Lipinski definition) is 4.